The van der Waals surface area contributed by atoms with E-state index >= 15 is 0 Å². The highest BCUT2D eigenvalue weighted by Crippen LogP contribution is 2.35. The molecule has 2 aromatic heterocycles. The third kappa shape index (κ3) is 3.36. The molecule has 40 heavy (non-hydrogen) atoms. The van der Waals surface area contributed by atoms with Crippen molar-refractivity contribution in [3.63, 3.8) is 0 Å². The highest BCUT2D eigenvalue weighted by atomic mass is 15.0. The molecule has 0 saturated heterocycles. The molecule has 0 N–H and O–H groups in total. The molecule has 192 valence electrons. The molecule has 2 nitrogen and oxygen atoms in total. The minimum Gasteiger partial charge on any atom is -0.310 e. The highest BCUT2D eigenvalue weighted by Gasteiger charge is 2.15. The van der Waals surface area contributed by atoms with Crippen LogP contribution in [0.15, 0.2) is 109 Å². The number of fused-ring (bicyclic) bond motifs is 6. The van der Waals surface area contributed by atoms with E-state index in [1.165, 1.54) is 76.9 Å². The van der Waals surface area contributed by atoms with Crippen LogP contribution in [0.5, 0.6) is 0 Å². The van der Waals surface area contributed by atoms with Gasteiger partial charge < -0.3 is 9.13 Å². The lowest BCUT2D eigenvalue weighted by Gasteiger charge is -2.15. The number of aromatic nitrogens is 2. The van der Waals surface area contributed by atoms with E-state index in [0.717, 1.165) is 12.8 Å². The van der Waals surface area contributed by atoms with Crippen LogP contribution in [-0.2, 0) is 0 Å². The zero-order valence-corrected chi connectivity index (χ0v) is 22.9. The smallest absolute Gasteiger partial charge is 0.0541 e. The predicted molar refractivity (Wildman–Crippen MR) is 170 cm³/mol. The first-order valence-corrected chi connectivity index (χ1v) is 14.2. The lowest BCUT2D eigenvalue weighted by molar-refractivity contribution is 1.02. The first-order valence-electron chi connectivity index (χ1n) is 14.2. The molecule has 1 aliphatic carbocycles. The van der Waals surface area contributed by atoms with Gasteiger partial charge >= 0.3 is 0 Å². The number of para-hydroxylation sites is 3. The number of benzene rings is 5. The van der Waals surface area contributed by atoms with Crippen molar-refractivity contribution in [1.82, 2.24) is 9.13 Å². The molecular weight excluding hydrogens is 484 g/mol. The fourth-order valence-corrected chi connectivity index (χ4v) is 6.81. The second kappa shape index (κ2) is 8.86. The maximum atomic E-state index is 2.44. The van der Waals surface area contributed by atoms with Crippen LogP contribution < -0.4 is 10.6 Å². The molecule has 8 rings (SSSR count). The van der Waals surface area contributed by atoms with Gasteiger partial charge in [0.25, 0.3) is 0 Å². The molecule has 1 aliphatic rings. The van der Waals surface area contributed by atoms with Crippen molar-refractivity contribution in [3.05, 3.63) is 131 Å². The van der Waals surface area contributed by atoms with Crippen LogP contribution in [-0.4, -0.2) is 9.13 Å². The standard InChI is InChI=1S/C38H30N2/c1-25-23-27(39-35-15-7-3-11-31(35)32-12-4-8-16-36(32)39)19-21-29(25)30-22-20-28(24-26(30)2)40-37-17-9-5-13-33(37)34-14-6-10-18-38(34)40/h3-5,7-9,11-24H,6,10H2,1-2H3. The normalized spacial score (nSPS) is 12.9. The summed E-state index contributed by atoms with van der Waals surface area (Å²) in [5, 5.41) is 6.62. The Kier molecular flexibility index (Phi) is 5.12. The molecule has 0 spiro atoms. The molecule has 0 radical (unpaired) electrons. The van der Waals surface area contributed by atoms with E-state index in [4.69, 9.17) is 0 Å². The van der Waals surface area contributed by atoms with Gasteiger partial charge in [-0.2, -0.15) is 0 Å². The molecular formula is C38H30N2. The van der Waals surface area contributed by atoms with Gasteiger partial charge in [-0.1, -0.05) is 78.9 Å². The molecule has 2 heterocycles. The van der Waals surface area contributed by atoms with Crippen molar-refractivity contribution in [1.29, 1.82) is 0 Å². The van der Waals surface area contributed by atoms with Gasteiger partial charge in [0.2, 0.25) is 0 Å². The number of aryl methyl sites for hydroxylation is 2. The second-order valence-corrected chi connectivity index (χ2v) is 11.0. The monoisotopic (exact) mass is 514 g/mol. The quantitative estimate of drug-likeness (QED) is 0.224. The van der Waals surface area contributed by atoms with Gasteiger partial charge in [-0.25, -0.2) is 0 Å². The fraction of sp³-hybridized carbons (Fsp3) is 0.105. The van der Waals surface area contributed by atoms with Crippen molar-refractivity contribution in [2.75, 3.05) is 0 Å². The molecule has 0 aliphatic heterocycles. The molecule has 0 amide bonds. The van der Waals surface area contributed by atoms with Gasteiger partial charge in [0, 0.05) is 38.1 Å². The van der Waals surface area contributed by atoms with Crippen molar-refractivity contribution in [2.45, 2.75) is 26.7 Å². The highest BCUT2D eigenvalue weighted by molar-refractivity contribution is 6.09. The van der Waals surface area contributed by atoms with E-state index in [1.54, 1.807) is 0 Å². The van der Waals surface area contributed by atoms with Gasteiger partial charge in [-0.3, -0.25) is 0 Å². The van der Waals surface area contributed by atoms with E-state index in [0.29, 0.717) is 0 Å². The van der Waals surface area contributed by atoms with E-state index < -0.39 is 0 Å². The molecule has 5 aromatic carbocycles. The fourth-order valence-electron chi connectivity index (χ4n) is 6.81. The summed E-state index contributed by atoms with van der Waals surface area (Å²) in [5.74, 6) is 0. The Morgan fingerprint density at radius 1 is 0.475 bits per heavy atom. The molecule has 0 atom stereocenters. The van der Waals surface area contributed by atoms with E-state index in [9.17, 15) is 0 Å². The first kappa shape index (κ1) is 23.1. The van der Waals surface area contributed by atoms with Gasteiger partial charge in [-0.15, -0.1) is 0 Å². The van der Waals surface area contributed by atoms with Crippen molar-refractivity contribution < 1.29 is 0 Å². The number of hydrogen-bond acceptors (Lipinski definition) is 0. The Morgan fingerprint density at radius 2 is 0.950 bits per heavy atom. The summed E-state index contributed by atoms with van der Waals surface area (Å²) in [4.78, 5) is 0. The summed E-state index contributed by atoms with van der Waals surface area (Å²) in [6.45, 7) is 4.48. The third-order valence-corrected chi connectivity index (χ3v) is 8.61. The van der Waals surface area contributed by atoms with Crippen LogP contribution in [0.1, 0.15) is 24.0 Å². The predicted octanol–water partition coefficient (Wildman–Crippen LogP) is 8.37. The lowest BCUT2D eigenvalue weighted by atomic mass is 9.95. The molecule has 0 saturated carbocycles. The number of hydrogen-bond donors (Lipinski definition) is 0. The van der Waals surface area contributed by atoms with Crippen molar-refractivity contribution in [3.8, 4) is 22.5 Å². The van der Waals surface area contributed by atoms with Gasteiger partial charge in [0.05, 0.1) is 16.6 Å². The average molecular weight is 515 g/mol. The topological polar surface area (TPSA) is 9.86 Å². The van der Waals surface area contributed by atoms with Crippen LogP contribution in [0.25, 0.3) is 67.4 Å². The van der Waals surface area contributed by atoms with Crippen LogP contribution in [0.3, 0.4) is 0 Å². The Hall–Kier alpha value is -4.82. The summed E-state index contributed by atoms with van der Waals surface area (Å²) >= 11 is 0. The molecule has 7 aromatic rings. The molecule has 0 unspecified atom stereocenters. The van der Waals surface area contributed by atoms with E-state index in [1.807, 2.05) is 0 Å². The number of rotatable bonds is 3. The summed E-state index contributed by atoms with van der Waals surface area (Å²) in [6.07, 6.45) is 7.01. The lowest BCUT2D eigenvalue weighted by Crippen LogP contribution is -2.30. The average Bonchev–Trinajstić information content (AvgIpc) is 3.51. The molecule has 0 fully saturated rings. The van der Waals surface area contributed by atoms with Gasteiger partial charge in [0.15, 0.2) is 0 Å². The SMILES string of the molecule is Cc1cc(-n2c3c(c4ccccc42)=CCCC=3)ccc1-c1ccc(-n2c3ccccc3c3ccccc32)cc1C. The van der Waals surface area contributed by atoms with Crippen LogP contribution in [0.4, 0.5) is 0 Å². The Balaban J connectivity index is 1.25. The minimum absolute atomic E-state index is 1.10. The van der Waals surface area contributed by atoms with Gasteiger partial charge in [-0.05, 0) is 91.4 Å². The van der Waals surface area contributed by atoms with Crippen molar-refractivity contribution in [2.24, 2.45) is 0 Å². The van der Waals surface area contributed by atoms with Crippen LogP contribution in [0.2, 0.25) is 0 Å². The van der Waals surface area contributed by atoms with E-state index in [2.05, 4.69) is 144 Å². The first-order chi connectivity index (χ1) is 19.7. The Morgan fingerprint density at radius 3 is 1.52 bits per heavy atom. The second-order valence-electron chi connectivity index (χ2n) is 11.0. The largest absolute Gasteiger partial charge is 0.310 e. The number of nitrogens with zero attached hydrogens (tertiary/aromatic N) is 2. The minimum atomic E-state index is 1.10. The van der Waals surface area contributed by atoms with Crippen LogP contribution in [0, 0.1) is 13.8 Å². The summed E-state index contributed by atoms with van der Waals surface area (Å²) in [7, 11) is 0. The van der Waals surface area contributed by atoms with E-state index in [-0.39, 0.29) is 0 Å². The maximum absolute atomic E-state index is 2.44. The Bertz CT molecular complexity index is 2190. The molecule has 2 heteroatoms. The maximum Gasteiger partial charge on any atom is 0.0541 e. The zero-order chi connectivity index (χ0) is 26.8. The zero-order valence-electron chi connectivity index (χ0n) is 22.9. The summed E-state index contributed by atoms with van der Waals surface area (Å²) < 4.78 is 4.83. The third-order valence-electron chi connectivity index (χ3n) is 8.61. The summed E-state index contributed by atoms with van der Waals surface area (Å²) in [6, 6.07) is 40.1. The Labute approximate surface area is 233 Å². The van der Waals surface area contributed by atoms with Crippen molar-refractivity contribution >= 4 is 44.9 Å². The summed E-state index contributed by atoms with van der Waals surface area (Å²) in [5.41, 5.74) is 11.3. The van der Waals surface area contributed by atoms with Gasteiger partial charge in [0.1, 0.15) is 0 Å². The molecule has 0 bridgehead atoms. The van der Waals surface area contributed by atoms with Crippen LogP contribution >= 0.6 is 0 Å².